The van der Waals surface area contributed by atoms with Crippen molar-refractivity contribution in [2.24, 2.45) is 0 Å². The molecule has 0 saturated carbocycles. The van der Waals surface area contributed by atoms with Gasteiger partial charge in [-0.25, -0.2) is 4.98 Å². The minimum absolute atomic E-state index is 0.529. The third-order valence-corrected chi connectivity index (χ3v) is 2.95. The number of ether oxygens (including phenoxy) is 1. The van der Waals surface area contributed by atoms with E-state index in [1.54, 1.807) is 0 Å². The zero-order chi connectivity index (χ0) is 12.4. The minimum atomic E-state index is 0.529. The van der Waals surface area contributed by atoms with Gasteiger partial charge in [-0.15, -0.1) is 0 Å². The number of pyridine rings is 1. The van der Waals surface area contributed by atoms with Crippen molar-refractivity contribution in [3.05, 3.63) is 66.1 Å². The summed E-state index contributed by atoms with van der Waals surface area (Å²) in [6.45, 7) is 2.54. The van der Waals surface area contributed by atoms with Crippen LogP contribution in [-0.2, 0) is 6.61 Å². The van der Waals surface area contributed by atoms with E-state index in [4.69, 9.17) is 4.74 Å². The van der Waals surface area contributed by atoms with Crippen molar-refractivity contribution in [2.75, 3.05) is 0 Å². The number of para-hydroxylation sites is 1. The molecule has 3 aromatic rings. The van der Waals surface area contributed by atoms with Crippen molar-refractivity contribution >= 4 is 5.65 Å². The van der Waals surface area contributed by atoms with Crippen LogP contribution in [0.5, 0.6) is 5.75 Å². The standard InChI is InChI=1S/C15H14N2O/c1-12-14(11-18-13-7-3-2-4-8-13)17-10-6-5-9-15(17)16-12/h2-10H,11H2,1H3. The molecule has 1 aromatic carbocycles. The predicted octanol–water partition coefficient (Wildman–Crippen LogP) is 3.22. The number of benzene rings is 1. The maximum atomic E-state index is 5.78. The highest BCUT2D eigenvalue weighted by molar-refractivity contribution is 5.42. The number of nitrogens with zero attached hydrogens (tertiary/aromatic N) is 2. The van der Waals surface area contributed by atoms with Gasteiger partial charge in [-0.05, 0) is 31.2 Å². The lowest BCUT2D eigenvalue weighted by Gasteiger charge is -2.06. The Hall–Kier alpha value is -2.29. The van der Waals surface area contributed by atoms with Crippen LogP contribution in [0.1, 0.15) is 11.4 Å². The van der Waals surface area contributed by atoms with Crippen LogP contribution in [0.15, 0.2) is 54.7 Å². The molecule has 0 aliphatic carbocycles. The molecule has 0 fully saturated rings. The summed E-state index contributed by atoms with van der Waals surface area (Å²) in [4.78, 5) is 4.51. The predicted molar refractivity (Wildman–Crippen MR) is 70.7 cm³/mol. The normalized spacial score (nSPS) is 10.7. The van der Waals surface area contributed by atoms with E-state index in [-0.39, 0.29) is 0 Å². The highest BCUT2D eigenvalue weighted by Gasteiger charge is 2.08. The summed E-state index contributed by atoms with van der Waals surface area (Å²) in [5.41, 5.74) is 3.06. The van der Waals surface area contributed by atoms with Gasteiger partial charge < -0.3 is 9.14 Å². The maximum absolute atomic E-state index is 5.78. The van der Waals surface area contributed by atoms with Crippen molar-refractivity contribution in [3.63, 3.8) is 0 Å². The Balaban J connectivity index is 1.89. The number of rotatable bonds is 3. The molecule has 18 heavy (non-hydrogen) atoms. The first kappa shape index (κ1) is 10.8. The van der Waals surface area contributed by atoms with Gasteiger partial charge in [0.1, 0.15) is 18.0 Å². The van der Waals surface area contributed by atoms with Gasteiger partial charge in [-0.3, -0.25) is 0 Å². The summed E-state index contributed by atoms with van der Waals surface area (Å²) in [6.07, 6.45) is 2.01. The number of hydrogen-bond acceptors (Lipinski definition) is 2. The first-order valence-corrected chi connectivity index (χ1v) is 5.95. The Morgan fingerprint density at radius 2 is 1.83 bits per heavy atom. The molecule has 0 atom stereocenters. The highest BCUT2D eigenvalue weighted by Crippen LogP contribution is 2.15. The molecule has 2 heterocycles. The van der Waals surface area contributed by atoms with Crippen molar-refractivity contribution in [1.29, 1.82) is 0 Å². The lowest BCUT2D eigenvalue weighted by Crippen LogP contribution is -2.00. The number of imidazole rings is 1. The molecule has 0 unspecified atom stereocenters. The van der Waals surface area contributed by atoms with Crippen LogP contribution in [0.4, 0.5) is 0 Å². The van der Waals surface area contributed by atoms with Crippen LogP contribution in [0.25, 0.3) is 5.65 Å². The lowest BCUT2D eigenvalue weighted by molar-refractivity contribution is 0.299. The van der Waals surface area contributed by atoms with Crippen LogP contribution in [0, 0.1) is 6.92 Å². The summed E-state index contributed by atoms with van der Waals surface area (Å²) in [7, 11) is 0. The molecular weight excluding hydrogens is 224 g/mol. The van der Waals surface area contributed by atoms with E-state index in [0.29, 0.717) is 6.61 Å². The van der Waals surface area contributed by atoms with E-state index >= 15 is 0 Å². The lowest BCUT2D eigenvalue weighted by atomic mass is 10.3. The van der Waals surface area contributed by atoms with E-state index in [2.05, 4.69) is 9.38 Å². The van der Waals surface area contributed by atoms with Gasteiger partial charge in [-0.1, -0.05) is 24.3 Å². The van der Waals surface area contributed by atoms with Crippen molar-refractivity contribution in [3.8, 4) is 5.75 Å². The average Bonchev–Trinajstić information content (AvgIpc) is 2.73. The van der Waals surface area contributed by atoms with E-state index in [0.717, 1.165) is 22.8 Å². The van der Waals surface area contributed by atoms with E-state index < -0.39 is 0 Å². The summed E-state index contributed by atoms with van der Waals surface area (Å²) < 4.78 is 7.85. The van der Waals surface area contributed by atoms with Crippen LogP contribution in [0.2, 0.25) is 0 Å². The highest BCUT2D eigenvalue weighted by atomic mass is 16.5. The second-order valence-corrected chi connectivity index (χ2v) is 4.17. The SMILES string of the molecule is Cc1nc2ccccn2c1COc1ccccc1. The molecule has 0 aliphatic rings. The molecule has 3 heteroatoms. The maximum Gasteiger partial charge on any atom is 0.137 e. The Labute approximate surface area is 106 Å². The van der Waals surface area contributed by atoms with Gasteiger partial charge >= 0.3 is 0 Å². The Morgan fingerprint density at radius 1 is 1.06 bits per heavy atom. The molecule has 0 aliphatic heterocycles. The van der Waals surface area contributed by atoms with Crippen LogP contribution < -0.4 is 4.74 Å². The molecule has 0 saturated heterocycles. The van der Waals surface area contributed by atoms with Gasteiger partial charge in [-0.2, -0.15) is 0 Å². The van der Waals surface area contributed by atoms with Crippen LogP contribution >= 0.6 is 0 Å². The van der Waals surface area contributed by atoms with E-state index in [9.17, 15) is 0 Å². The molecule has 0 spiro atoms. The third-order valence-electron chi connectivity index (χ3n) is 2.95. The largest absolute Gasteiger partial charge is 0.487 e. The van der Waals surface area contributed by atoms with Gasteiger partial charge in [0.2, 0.25) is 0 Å². The van der Waals surface area contributed by atoms with Gasteiger partial charge in [0.05, 0.1) is 11.4 Å². The average molecular weight is 238 g/mol. The quantitative estimate of drug-likeness (QED) is 0.700. The number of aryl methyl sites for hydroxylation is 1. The van der Waals surface area contributed by atoms with E-state index in [1.165, 1.54) is 0 Å². The summed E-state index contributed by atoms with van der Waals surface area (Å²) >= 11 is 0. The summed E-state index contributed by atoms with van der Waals surface area (Å²) in [5.74, 6) is 0.878. The summed E-state index contributed by atoms with van der Waals surface area (Å²) in [6, 6.07) is 15.8. The smallest absolute Gasteiger partial charge is 0.137 e. The molecule has 3 rings (SSSR count). The van der Waals surface area contributed by atoms with Gasteiger partial charge in [0.25, 0.3) is 0 Å². The van der Waals surface area contributed by atoms with Crippen LogP contribution in [-0.4, -0.2) is 9.38 Å². The zero-order valence-electron chi connectivity index (χ0n) is 10.2. The topological polar surface area (TPSA) is 26.5 Å². The first-order valence-electron chi connectivity index (χ1n) is 5.95. The van der Waals surface area contributed by atoms with Crippen molar-refractivity contribution in [1.82, 2.24) is 9.38 Å². The molecule has 90 valence electrons. The molecule has 0 bridgehead atoms. The Bertz CT molecular complexity index is 659. The Kier molecular flexibility index (Phi) is 2.73. The summed E-state index contributed by atoms with van der Waals surface area (Å²) in [5, 5.41) is 0. The fraction of sp³-hybridized carbons (Fsp3) is 0.133. The number of fused-ring (bicyclic) bond motifs is 1. The molecule has 0 N–H and O–H groups in total. The zero-order valence-corrected chi connectivity index (χ0v) is 10.2. The number of aromatic nitrogens is 2. The fourth-order valence-corrected chi connectivity index (χ4v) is 2.01. The first-order chi connectivity index (χ1) is 8.84. The molecule has 3 nitrogen and oxygen atoms in total. The molecular formula is C15H14N2O. The number of hydrogen-bond donors (Lipinski definition) is 0. The van der Waals surface area contributed by atoms with Crippen LogP contribution in [0.3, 0.4) is 0 Å². The van der Waals surface area contributed by atoms with Crippen molar-refractivity contribution in [2.45, 2.75) is 13.5 Å². The Morgan fingerprint density at radius 3 is 2.67 bits per heavy atom. The molecule has 2 aromatic heterocycles. The second kappa shape index (κ2) is 4.53. The van der Waals surface area contributed by atoms with Gasteiger partial charge in [0, 0.05) is 6.20 Å². The molecule has 0 radical (unpaired) electrons. The van der Waals surface area contributed by atoms with E-state index in [1.807, 2.05) is 61.7 Å². The third kappa shape index (κ3) is 1.95. The monoisotopic (exact) mass is 238 g/mol. The van der Waals surface area contributed by atoms with Gasteiger partial charge in [0.15, 0.2) is 0 Å². The minimum Gasteiger partial charge on any atom is -0.487 e. The second-order valence-electron chi connectivity index (χ2n) is 4.17. The fourth-order valence-electron chi connectivity index (χ4n) is 2.01. The van der Waals surface area contributed by atoms with Crippen molar-refractivity contribution < 1.29 is 4.74 Å². The molecule has 0 amide bonds.